The van der Waals surface area contributed by atoms with Gasteiger partial charge in [-0.25, -0.2) is 0 Å². The molecule has 0 unspecified atom stereocenters. The highest BCUT2D eigenvalue weighted by Gasteiger charge is 2.00. The van der Waals surface area contributed by atoms with Gasteiger partial charge in [0.15, 0.2) is 0 Å². The number of ether oxygens (including phenoxy) is 2. The highest BCUT2D eigenvalue weighted by atomic mass is 16.5. The minimum Gasteiger partial charge on any atom is -0.497 e. The van der Waals surface area contributed by atoms with E-state index >= 15 is 0 Å². The third kappa shape index (κ3) is 3.18. The molecule has 0 spiro atoms. The zero-order valence-corrected chi connectivity index (χ0v) is 10.4. The molecule has 0 aliphatic carbocycles. The molecule has 5 heteroatoms. The standard InChI is InChI=1S/C13H15N3O2/c1-14-9-10-3-8-13(16-15-10)18-12-6-4-11(17-2)5-7-12/h3-8,14H,9H2,1-2H3. The van der Waals surface area contributed by atoms with Crippen LogP contribution in [0.3, 0.4) is 0 Å². The summed E-state index contributed by atoms with van der Waals surface area (Å²) in [6.07, 6.45) is 0. The van der Waals surface area contributed by atoms with Crippen molar-refractivity contribution in [3.05, 3.63) is 42.1 Å². The maximum atomic E-state index is 5.56. The number of benzene rings is 1. The fourth-order valence-electron chi connectivity index (χ4n) is 1.44. The molecule has 94 valence electrons. The fraction of sp³-hybridized carbons (Fsp3) is 0.231. The first-order valence-corrected chi connectivity index (χ1v) is 5.61. The van der Waals surface area contributed by atoms with Crippen LogP contribution in [0.1, 0.15) is 5.69 Å². The van der Waals surface area contributed by atoms with Gasteiger partial charge in [-0.05, 0) is 37.4 Å². The molecule has 0 aliphatic heterocycles. The van der Waals surface area contributed by atoms with Crippen molar-refractivity contribution in [3.8, 4) is 17.4 Å². The first kappa shape index (κ1) is 12.3. The topological polar surface area (TPSA) is 56.3 Å². The Labute approximate surface area is 106 Å². The van der Waals surface area contributed by atoms with Crippen LogP contribution in [0.5, 0.6) is 17.4 Å². The molecule has 0 atom stereocenters. The highest BCUT2D eigenvalue weighted by Crippen LogP contribution is 2.21. The van der Waals surface area contributed by atoms with Crippen molar-refractivity contribution in [2.75, 3.05) is 14.2 Å². The van der Waals surface area contributed by atoms with Gasteiger partial charge in [0.1, 0.15) is 11.5 Å². The maximum Gasteiger partial charge on any atom is 0.238 e. The number of aromatic nitrogens is 2. The molecule has 0 radical (unpaired) electrons. The lowest BCUT2D eigenvalue weighted by Gasteiger charge is -2.05. The molecule has 0 aliphatic rings. The van der Waals surface area contributed by atoms with Gasteiger partial charge in [0.05, 0.1) is 12.8 Å². The smallest absolute Gasteiger partial charge is 0.238 e. The Morgan fingerprint density at radius 3 is 2.28 bits per heavy atom. The van der Waals surface area contributed by atoms with Crippen LogP contribution < -0.4 is 14.8 Å². The summed E-state index contributed by atoms with van der Waals surface area (Å²) in [5.74, 6) is 1.96. The molecule has 1 heterocycles. The summed E-state index contributed by atoms with van der Waals surface area (Å²) in [6, 6.07) is 11.0. The summed E-state index contributed by atoms with van der Waals surface area (Å²) in [7, 11) is 3.49. The third-order valence-electron chi connectivity index (χ3n) is 2.34. The van der Waals surface area contributed by atoms with E-state index in [0.29, 0.717) is 18.2 Å². The van der Waals surface area contributed by atoms with E-state index in [4.69, 9.17) is 9.47 Å². The van der Waals surface area contributed by atoms with Crippen LogP contribution in [0.25, 0.3) is 0 Å². The van der Waals surface area contributed by atoms with E-state index in [1.165, 1.54) is 0 Å². The maximum absolute atomic E-state index is 5.56. The summed E-state index contributed by atoms with van der Waals surface area (Å²) >= 11 is 0. The van der Waals surface area contributed by atoms with Gasteiger partial charge in [0.2, 0.25) is 5.88 Å². The number of nitrogens with zero attached hydrogens (tertiary/aromatic N) is 2. The van der Waals surface area contributed by atoms with Crippen LogP contribution in [-0.2, 0) is 6.54 Å². The number of methoxy groups -OCH3 is 1. The number of rotatable bonds is 5. The van der Waals surface area contributed by atoms with Crippen LogP contribution in [-0.4, -0.2) is 24.4 Å². The van der Waals surface area contributed by atoms with Gasteiger partial charge < -0.3 is 14.8 Å². The Bertz CT molecular complexity index is 483. The number of nitrogens with one attached hydrogen (secondary N) is 1. The number of hydrogen-bond acceptors (Lipinski definition) is 5. The summed E-state index contributed by atoms with van der Waals surface area (Å²) in [6.45, 7) is 0.690. The van der Waals surface area contributed by atoms with Gasteiger partial charge in [-0.2, -0.15) is 5.10 Å². The molecule has 1 aromatic carbocycles. The molecule has 0 saturated carbocycles. The second-order valence-corrected chi connectivity index (χ2v) is 3.67. The van der Waals surface area contributed by atoms with Gasteiger partial charge in [-0.15, -0.1) is 5.10 Å². The van der Waals surface area contributed by atoms with Crippen molar-refractivity contribution < 1.29 is 9.47 Å². The number of hydrogen-bond donors (Lipinski definition) is 1. The lowest BCUT2D eigenvalue weighted by molar-refractivity contribution is 0.411. The first-order valence-electron chi connectivity index (χ1n) is 5.61. The Morgan fingerprint density at radius 2 is 1.72 bits per heavy atom. The molecule has 0 amide bonds. The third-order valence-corrected chi connectivity index (χ3v) is 2.34. The minimum atomic E-state index is 0.472. The van der Waals surface area contributed by atoms with Gasteiger partial charge in [0.25, 0.3) is 0 Å². The van der Waals surface area contributed by atoms with Crippen LogP contribution in [0.4, 0.5) is 0 Å². The molecular weight excluding hydrogens is 230 g/mol. The Kier molecular flexibility index (Phi) is 4.09. The van der Waals surface area contributed by atoms with Crippen LogP contribution in [0.2, 0.25) is 0 Å². The highest BCUT2D eigenvalue weighted by molar-refractivity contribution is 5.33. The molecule has 1 aromatic heterocycles. The van der Waals surface area contributed by atoms with E-state index in [-0.39, 0.29) is 0 Å². The van der Waals surface area contributed by atoms with E-state index in [0.717, 1.165) is 11.4 Å². The Hall–Kier alpha value is -2.14. The average Bonchev–Trinajstić information content (AvgIpc) is 2.42. The monoisotopic (exact) mass is 245 g/mol. The first-order chi connectivity index (χ1) is 8.81. The lowest BCUT2D eigenvalue weighted by atomic mass is 10.3. The van der Waals surface area contributed by atoms with Gasteiger partial charge in [0, 0.05) is 12.6 Å². The average molecular weight is 245 g/mol. The fourth-order valence-corrected chi connectivity index (χ4v) is 1.44. The second-order valence-electron chi connectivity index (χ2n) is 3.67. The van der Waals surface area contributed by atoms with E-state index < -0.39 is 0 Å². The molecule has 0 fully saturated rings. The summed E-state index contributed by atoms with van der Waals surface area (Å²) in [4.78, 5) is 0. The van der Waals surface area contributed by atoms with Crippen molar-refractivity contribution in [2.24, 2.45) is 0 Å². The minimum absolute atomic E-state index is 0.472. The predicted octanol–water partition coefficient (Wildman–Crippen LogP) is 2.00. The predicted molar refractivity (Wildman–Crippen MR) is 67.9 cm³/mol. The summed E-state index contributed by atoms with van der Waals surface area (Å²) in [5, 5.41) is 11.0. The molecule has 18 heavy (non-hydrogen) atoms. The summed E-state index contributed by atoms with van der Waals surface area (Å²) < 4.78 is 10.6. The molecule has 2 aromatic rings. The van der Waals surface area contributed by atoms with Crippen molar-refractivity contribution in [1.82, 2.24) is 15.5 Å². The second kappa shape index (κ2) is 5.97. The van der Waals surface area contributed by atoms with Crippen LogP contribution in [0, 0.1) is 0 Å². The van der Waals surface area contributed by atoms with Gasteiger partial charge in [-0.1, -0.05) is 0 Å². The van der Waals surface area contributed by atoms with Crippen LogP contribution in [0.15, 0.2) is 36.4 Å². The van der Waals surface area contributed by atoms with Crippen molar-refractivity contribution in [3.63, 3.8) is 0 Å². The van der Waals surface area contributed by atoms with Crippen molar-refractivity contribution in [2.45, 2.75) is 6.54 Å². The van der Waals surface area contributed by atoms with E-state index in [1.807, 2.05) is 37.4 Å². The summed E-state index contributed by atoms with van der Waals surface area (Å²) in [5.41, 5.74) is 0.875. The molecular formula is C13H15N3O2. The van der Waals surface area contributed by atoms with E-state index in [2.05, 4.69) is 15.5 Å². The zero-order chi connectivity index (χ0) is 12.8. The molecule has 1 N–H and O–H groups in total. The van der Waals surface area contributed by atoms with Crippen LogP contribution >= 0.6 is 0 Å². The van der Waals surface area contributed by atoms with Crippen molar-refractivity contribution in [1.29, 1.82) is 0 Å². The zero-order valence-electron chi connectivity index (χ0n) is 10.4. The normalized spacial score (nSPS) is 10.1. The Morgan fingerprint density at radius 1 is 1.00 bits per heavy atom. The van der Waals surface area contributed by atoms with Gasteiger partial charge in [-0.3, -0.25) is 0 Å². The molecule has 5 nitrogen and oxygen atoms in total. The SMILES string of the molecule is CNCc1ccc(Oc2ccc(OC)cc2)nn1. The molecule has 0 saturated heterocycles. The largest absolute Gasteiger partial charge is 0.497 e. The van der Waals surface area contributed by atoms with E-state index in [9.17, 15) is 0 Å². The molecule has 2 rings (SSSR count). The Balaban J connectivity index is 2.03. The lowest BCUT2D eigenvalue weighted by Crippen LogP contribution is -2.07. The quantitative estimate of drug-likeness (QED) is 0.873. The van der Waals surface area contributed by atoms with Gasteiger partial charge >= 0.3 is 0 Å². The molecule has 0 bridgehead atoms. The van der Waals surface area contributed by atoms with E-state index in [1.54, 1.807) is 13.2 Å². The van der Waals surface area contributed by atoms with Crippen molar-refractivity contribution >= 4 is 0 Å².